The molecule has 0 aliphatic carbocycles. The summed E-state index contributed by atoms with van der Waals surface area (Å²) in [6.45, 7) is 2.91. The third-order valence-electron chi connectivity index (χ3n) is 4.65. The van der Waals surface area contributed by atoms with Gasteiger partial charge in [0.1, 0.15) is 12.3 Å². The number of ether oxygens (including phenoxy) is 1. The predicted molar refractivity (Wildman–Crippen MR) is 121 cm³/mol. The number of hydrogen-bond acceptors (Lipinski definition) is 6. The summed E-state index contributed by atoms with van der Waals surface area (Å²) in [7, 11) is 0. The molecule has 0 fully saturated rings. The average molecular weight is 481 g/mol. The summed E-state index contributed by atoms with van der Waals surface area (Å²) in [5.74, 6) is 1.57. The number of hydrogen-bond donors (Lipinski definition) is 0. The number of halogens is 1. The van der Waals surface area contributed by atoms with E-state index in [0.717, 1.165) is 34.2 Å². The first kappa shape index (κ1) is 21.0. The Morgan fingerprint density at radius 1 is 1.06 bits per heavy atom. The number of aromatic nitrogens is 4. The van der Waals surface area contributed by atoms with Gasteiger partial charge in [0.2, 0.25) is 11.7 Å². The molecule has 0 saturated carbocycles. The highest BCUT2D eigenvalue weighted by molar-refractivity contribution is 9.10. The number of nitrogens with zero attached hydrogens (tertiary/aromatic N) is 4. The Kier molecular flexibility index (Phi) is 6.57. The summed E-state index contributed by atoms with van der Waals surface area (Å²) >= 11 is 3.48. The smallest absolute Gasteiger partial charge is 0.267 e. The molecule has 158 valence electrons. The lowest BCUT2D eigenvalue weighted by atomic mass is 10.1. The van der Waals surface area contributed by atoms with E-state index in [-0.39, 0.29) is 12.1 Å². The van der Waals surface area contributed by atoms with Crippen LogP contribution in [0, 0.1) is 0 Å². The Hall–Kier alpha value is -3.26. The van der Waals surface area contributed by atoms with E-state index < -0.39 is 0 Å². The fourth-order valence-electron chi connectivity index (χ4n) is 2.97. The molecule has 8 heteroatoms. The van der Waals surface area contributed by atoms with Gasteiger partial charge in [-0.15, -0.1) is 0 Å². The topological polar surface area (TPSA) is 83.0 Å². The van der Waals surface area contributed by atoms with Crippen LogP contribution in [-0.2, 0) is 6.54 Å². The molecule has 0 atom stereocenters. The van der Waals surface area contributed by atoms with Crippen LogP contribution in [0.3, 0.4) is 0 Å². The van der Waals surface area contributed by atoms with Crippen LogP contribution in [0.1, 0.15) is 25.7 Å². The van der Waals surface area contributed by atoms with Crippen molar-refractivity contribution in [2.24, 2.45) is 0 Å². The summed E-state index contributed by atoms with van der Waals surface area (Å²) in [5, 5.41) is 8.49. The Labute approximate surface area is 187 Å². The van der Waals surface area contributed by atoms with Crippen LogP contribution in [0.15, 0.2) is 74.5 Å². The molecule has 4 aromatic rings. The van der Waals surface area contributed by atoms with Crippen molar-refractivity contribution in [1.82, 2.24) is 19.9 Å². The van der Waals surface area contributed by atoms with Crippen LogP contribution < -0.4 is 10.3 Å². The van der Waals surface area contributed by atoms with Gasteiger partial charge >= 0.3 is 0 Å². The summed E-state index contributed by atoms with van der Waals surface area (Å²) < 4.78 is 13.2. The van der Waals surface area contributed by atoms with Gasteiger partial charge in [0.25, 0.3) is 5.56 Å². The highest BCUT2D eigenvalue weighted by atomic mass is 79.9. The normalized spacial score (nSPS) is 10.9. The van der Waals surface area contributed by atoms with Crippen molar-refractivity contribution in [3.05, 3.63) is 81.4 Å². The third-order valence-corrected chi connectivity index (χ3v) is 5.34. The monoisotopic (exact) mass is 480 g/mol. The van der Waals surface area contributed by atoms with Crippen LogP contribution in [0.25, 0.3) is 22.6 Å². The Morgan fingerprint density at radius 2 is 1.87 bits per heavy atom. The highest BCUT2D eigenvalue weighted by Gasteiger charge is 2.13. The molecular weight excluding hydrogens is 460 g/mol. The van der Waals surface area contributed by atoms with E-state index in [4.69, 9.17) is 9.26 Å². The Balaban J connectivity index is 1.52. The Bertz CT molecular complexity index is 1220. The molecule has 0 aliphatic rings. The summed E-state index contributed by atoms with van der Waals surface area (Å²) in [6, 6.07) is 18.4. The SMILES string of the molecule is CCCCOc1ccc(-c2ccc(=O)n(Cc3nc(-c4ccccc4Br)no3)n2)cc1. The molecule has 0 saturated heterocycles. The molecule has 0 N–H and O–H groups in total. The molecule has 2 heterocycles. The maximum atomic E-state index is 12.3. The molecule has 7 nitrogen and oxygen atoms in total. The second-order valence-electron chi connectivity index (χ2n) is 6.93. The molecule has 0 amide bonds. The van der Waals surface area contributed by atoms with Crippen LogP contribution in [0.5, 0.6) is 5.75 Å². The van der Waals surface area contributed by atoms with Crippen molar-refractivity contribution in [3.63, 3.8) is 0 Å². The van der Waals surface area contributed by atoms with Crippen molar-refractivity contribution in [2.75, 3.05) is 6.61 Å². The quantitative estimate of drug-likeness (QED) is 0.331. The van der Waals surface area contributed by atoms with Crippen molar-refractivity contribution in [3.8, 4) is 28.4 Å². The molecule has 2 aromatic heterocycles. The third kappa shape index (κ3) is 5.08. The molecule has 31 heavy (non-hydrogen) atoms. The zero-order valence-electron chi connectivity index (χ0n) is 17.0. The first-order valence-corrected chi connectivity index (χ1v) is 10.8. The fourth-order valence-corrected chi connectivity index (χ4v) is 3.43. The van der Waals surface area contributed by atoms with Crippen LogP contribution in [0.4, 0.5) is 0 Å². The first-order valence-electron chi connectivity index (χ1n) is 10.0. The van der Waals surface area contributed by atoms with Crippen LogP contribution in [0.2, 0.25) is 0 Å². The van der Waals surface area contributed by atoms with E-state index in [1.54, 1.807) is 6.07 Å². The van der Waals surface area contributed by atoms with E-state index in [1.165, 1.54) is 10.7 Å². The van der Waals surface area contributed by atoms with E-state index in [9.17, 15) is 4.79 Å². The lowest BCUT2D eigenvalue weighted by Gasteiger charge is -2.07. The predicted octanol–water partition coefficient (Wildman–Crippen LogP) is 4.95. The molecule has 0 aliphatic heterocycles. The molecule has 0 bridgehead atoms. The zero-order valence-corrected chi connectivity index (χ0v) is 18.6. The van der Waals surface area contributed by atoms with E-state index in [2.05, 4.69) is 38.1 Å². The van der Waals surface area contributed by atoms with Gasteiger partial charge in [-0.3, -0.25) is 4.79 Å². The number of benzene rings is 2. The average Bonchev–Trinajstić information content (AvgIpc) is 3.25. The Morgan fingerprint density at radius 3 is 2.65 bits per heavy atom. The maximum absolute atomic E-state index is 12.3. The lowest BCUT2D eigenvalue weighted by molar-refractivity contribution is 0.309. The van der Waals surface area contributed by atoms with Crippen molar-refractivity contribution < 1.29 is 9.26 Å². The minimum atomic E-state index is -0.246. The van der Waals surface area contributed by atoms with Gasteiger partial charge in [0.15, 0.2) is 0 Å². The van der Waals surface area contributed by atoms with Gasteiger partial charge in [-0.1, -0.05) is 46.6 Å². The van der Waals surface area contributed by atoms with Gasteiger partial charge in [-0.25, -0.2) is 4.68 Å². The molecule has 0 unspecified atom stereocenters. The van der Waals surface area contributed by atoms with Gasteiger partial charge in [-0.2, -0.15) is 10.1 Å². The molecule has 0 spiro atoms. The molecule has 4 rings (SSSR count). The van der Waals surface area contributed by atoms with Gasteiger partial charge in [0, 0.05) is 21.7 Å². The fraction of sp³-hybridized carbons (Fsp3) is 0.217. The van der Waals surface area contributed by atoms with E-state index >= 15 is 0 Å². The lowest BCUT2D eigenvalue weighted by Crippen LogP contribution is -2.23. The van der Waals surface area contributed by atoms with Crippen molar-refractivity contribution >= 4 is 15.9 Å². The van der Waals surface area contributed by atoms with Crippen LogP contribution >= 0.6 is 15.9 Å². The number of rotatable bonds is 8. The summed E-state index contributed by atoms with van der Waals surface area (Å²) in [6.07, 6.45) is 2.11. The van der Waals surface area contributed by atoms with Gasteiger partial charge in [-0.05, 0) is 48.9 Å². The van der Waals surface area contributed by atoms with E-state index in [0.29, 0.717) is 24.0 Å². The number of unbranched alkanes of at least 4 members (excludes halogenated alkanes) is 1. The standard InChI is InChI=1S/C23H21BrN4O3/c1-2-3-14-30-17-10-8-16(9-11-17)20-12-13-22(29)28(26-20)15-21-25-23(27-31-21)18-6-4-5-7-19(18)24/h4-13H,2-3,14-15H2,1H3. The van der Waals surface area contributed by atoms with E-state index in [1.807, 2.05) is 48.5 Å². The van der Waals surface area contributed by atoms with Crippen molar-refractivity contribution in [2.45, 2.75) is 26.3 Å². The molecular formula is C23H21BrN4O3. The highest BCUT2D eigenvalue weighted by Crippen LogP contribution is 2.25. The minimum absolute atomic E-state index is 0.0857. The van der Waals surface area contributed by atoms with Crippen molar-refractivity contribution in [1.29, 1.82) is 0 Å². The second-order valence-corrected chi connectivity index (χ2v) is 7.79. The largest absolute Gasteiger partial charge is 0.494 e. The first-order chi connectivity index (χ1) is 15.1. The molecule has 0 radical (unpaired) electrons. The van der Waals surface area contributed by atoms with Gasteiger partial charge in [0.05, 0.1) is 12.3 Å². The second kappa shape index (κ2) is 9.70. The van der Waals surface area contributed by atoms with Gasteiger partial charge < -0.3 is 9.26 Å². The summed E-state index contributed by atoms with van der Waals surface area (Å²) in [5.41, 5.74) is 2.12. The summed E-state index contributed by atoms with van der Waals surface area (Å²) in [4.78, 5) is 16.7. The molecule has 2 aromatic carbocycles. The van der Waals surface area contributed by atoms with Crippen LogP contribution in [-0.4, -0.2) is 26.5 Å². The minimum Gasteiger partial charge on any atom is -0.494 e. The maximum Gasteiger partial charge on any atom is 0.267 e. The zero-order chi connectivity index (χ0) is 21.6.